The standard InChI is InChI=1S/C12H15Cl2NO5S/c1-12(2)19-10(8-5-4-7(13)6-9(8)14)11(20-12)15(3)21(16,17)18/h4-6,10-11H,1-3H3,(H,16,17,18). The predicted molar refractivity (Wildman–Crippen MR) is 78.6 cm³/mol. The molecule has 2 rings (SSSR count). The third-order valence-electron chi connectivity index (χ3n) is 3.07. The van der Waals surface area contributed by atoms with Crippen molar-refractivity contribution in [3.63, 3.8) is 0 Å². The molecule has 9 heteroatoms. The third kappa shape index (κ3) is 3.68. The molecule has 118 valence electrons. The van der Waals surface area contributed by atoms with Crippen LogP contribution in [0.15, 0.2) is 18.2 Å². The smallest absolute Gasteiger partial charge is 0.337 e. The van der Waals surface area contributed by atoms with Crippen molar-refractivity contribution in [1.29, 1.82) is 0 Å². The van der Waals surface area contributed by atoms with Crippen molar-refractivity contribution < 1.29 is 22.4 Å². The number of rotatable bonds is 3. The van der Waals surface area contributed by atoms with E-state index in [1.165, 1.54) is 13.1 Å². The van der Waals surface area contributed by atoms with E-state index in [-0.39, 0.29) is 0 Å². The molecule has 1 aromatic rings. The van der Waals surface area contributed by atoms with Gasteiger partial charge in [-0.1, -0.05) is 29.3 Å². The summed E-state index contributed by atoms with van der Waals surface area (Å²) >= 11 is 12.0. The first kappa shape index (κ1) is 17.0. The van der Waals surface area contributed by atoms with Gasteiger partial charge < -0.3 is 9.47 Å². The second-order valence-corrected chi connectivity index (χ2v) is 7.42. The van der Waals surface area contributed by atoms with Crippen molar-refractivity contribution in [3.05, 3.63) is 33.8 Å². The van der Waals surface area contributed by atoms with Gasteiger partial charge in [-0.15, -0.1) is 0 Å². The summed E-state index contributed by atoms with van der Waals surface area (Å²) in [4.78, 5) is 0. The van der Waals surface area contributed by atoms with Crippen LogP contribution in [-0.4, -0.2) is 36.3 Å². The van der Waals surface area contributed by atoms with Gasteiger partial charge in [0.25, 0.3) is 0 Å². The Balaban J connectivity index is 2.44. The lowest BCUT2D eigenvalue weighted by molar-refractivity contribution is -0.154. The molecule has 1 saturated heterocycles. The molecule has 1 aromatic carbocycles. The van der Waals surface area contributed by atoms with E-state index in [1.807, 2.05) is 0 Å². The van der Waals surface area contributed by atoms with E-state index in [9.17, 15) is 13.0 Å². The van der Waals surface area contributed by atoms with Crippen LogP contribution in [-0.2, 0) is 19.8 Å². The monoisotopic (exact) mass is 355 g/mol. The number of halogens is 2. The first-order chi connectivity index (χ1) is 9.51. The van der Waals surface area contributed by atoms with Crippen molar-refractivity contribution >= 4 is 33.5 Å². The van der Waals surface area contributed by atoms with Gasteiger partial charge in [0.15, 0.2) is 12.0 Å². The molecule has 21 heavy (non-hydrogen) atoms. The Morgan fingerprint density at radius 2 is 1.90 bits per heavy atom. The maximum Gasteiger partial charge on any atom is 0.337 e. The molecule has 0 aliphatic carbocycles. The third-order valence-corrected chi connectivity index (χ3v) is 4.56. The molecule has 0 spiro atoms. The van der Waals surface area contributed by atoms with Crippen molar-refractivity contribution in [2.75, 3.05) is 7.05 Å². The molecular formula is C12H15Cl2NO5S. The van der Waals surface area contributed by atoms with E-state index in [0.717, 1.165) is 0 Å². The van der Waals surface area contributed by atoms with Crippen LogP contribution in [0.4, 0.5) is 0 Å². The van der Waals surface area contributed by atoms with Crippen LogP contribution >= 0.6 is 23.2 Å². The van der Waals surface area contributed by atoms with Crippen molar-refractivity contribution in [1.82, 2.24) is 4.31 Å². The fourth-order valence-corrected chi connectivity index (χ4v) is 3.02. The number of hydrogen-bond donors (Lipinski definition) is 1. The van der Waals surface area contributed by atoms with Gasteiger partial charge in [-0.3, -0.25) is 4.55 Å². The lowest BCUT2D eigenvalue weighted by atomic mass is 10.1. The molecule has 1 heterocycles. The SMILES string of the molecule is CN(C1OC(C)(C)OC1c1ccc(Cl)cc1Cl)S(=O)(=O)O. The largest absolute Gasteiger partial charge is 0.338 e. The van der Waals surface area contributed by atoms with Crippen molar-refractivity contribution in [2.24, 2.45) is 0 Å². The zero-order valence-electron chi connectivity index (χ0n) is 11.6. The molecule has 0 aromatic heterocycles. The lowest BCUT2D eigenvalue weighted by Crippen LogP contribution is -2.40. The minimum Gasteiger partial charge on any atom is -0.338 e. The van der Waals surface area contributed by atoms with Gasteiger partial charge in [0.05, 0.1) is 0 Å². The molecule has 1 fully saturated rings. The maximum atomic E-state index is 11.3. The van der Waals surface area contributed by atoms with Gasteiger partial charge in [-0.05, 0) is 26.0 Å². The highest BCUT2D eigenvalue weighted by atomic mass is 35.5. The van der Waals surface area contributed by atoms with E-state index in [2.05, 4.69) is 0 Å². The summed E-state index contributed by atoms with van der Waals surface area (Å²) in [5.41, 5.74) is 0.521. The van der Waals surface area contributed by atoms with Crippen LogP contribution in [0.1, 0.15) is 25.5 Å². The fraction of sp³-hybridized carbons (Fsp3) is 0.500. The average molecular weight is 356 g/mol. The molecule has 2 unspecified atom stereocenters. The molecule has 1 aliphatic heterocycles. The van der Waals surface area contributed by atoms with E-state index in [1.54, 1.807) is 26.0 Å². The summed E-state index contributed by atoms with van der Waals surface area (Å²) in [6, 6.07) is 4.77. The van der Waals surface area contributed by atoms with Crippen LogP contribution in [0.25, 0.3) is 0 Å². The molecule has 2 atom stereocenters. The first-order valence-corrected chi connectivity index (χ1v) is 8.17. The van der Waals surface area contributed by atoms with Crippen LogP contribution in [0.3, 0.4) is 0 Å². The Hall–Kier alpha value is -0.410. The minimum atomic E-state index is -4.44. The normalized spacial score (nSPS) is 25.5. The highest BCUT2D eigenvalue weighted by Gasteiger charge is 2.47. The Labute approximate surface area is 133 Å². The summed E-state index contributed by atoms with van der Waals surface area (Å²) in [6.07, 6.45) is -1.84. The quantitative estimate of drug-likeness (QED) is 0.843. The first-order valence-electron chi connectivity index (χ1n) is 6.02. The van der Waals surface area contributed by atoms with Crippen LogP contribution in [0.2, 0.25) is 10.0 Å². The molecule has 1 N–H and O–H groups in total. The number of likely N-dealkylation sites (N-methyl/N-ethyl adjacent to an activating group) is 1. The Kier molecular flexibility index (Phi) is 4.57. The maximum absolute atomic E-state index is 11.3. The second-order valence-electron chi connectivity index (χ2n) is 5.11. The summed E-state index contributed by atoms with van der Waals surface area (Å²) in [5, 5.41) is 0.768. The van der Waals surface area contributed by atoms with E-state index >= 15 is 0 Å². The Bertz CT molecular complexity index is 649. The summed E-state index contributed by atoms with van der Waals surface area (Å²) in [6.45, 7) is 3.28. The van der Waals surface area contributed by atoms with E-state index < -0.39 is 28.4 Å². The van der Waals surface area contributed by atoms with Crippen LogP contribution < -0.4 is 0 Å². The molecular weight excluding hydrogens is 341 g/mol. The molecule has 0 bridgehead atoms. The van der Waals surface area contributed by atoms with E-state index in [4.69, 9.17) is 32.7 Å². The summed E-state index contributed by atoms with van der Waals surface area (Å²) in [7, 11) is -3.24. The average Bonchev–Trinajstić information content (AvgIpc) is 2.62. The minimum absolute atomic E-state index is 0.322. The number of nitrogens with zero attached hydrogens (tertiary/aromatic N) is 1. The van der Waals surface area contributed by atoms with Crippen molar-refractivity contribution in [3.8, 4) is 0 Å². The summed E-state index contributed by atoms with van der Waals surface area (Å²) < 4.78 is 43.8. The molecule has 0 saturated carbocycles. The van der Waals surface area contributed by atoms with Gasteiger partial charge in [0.1, 0.15) is 6.10 Å². The second kappa shape index (κ2) is 5.66. The highest BCUT2D eigenvalue weighted by Crippen LogP contribution is 2.42. The fourth-order valence-electron chi connectivity index (χ4n) is 2.09. The molecule has 1 aliphatic rings. The summed E-state index contributed by atoms with van der Waals surface area (Å²) in [5.74, 6) is -1.03. The zero-order chi connectivity index (χ0) is 16.0. The number of ether oxygens (including phenoxy) is 2. The Morgan fingerprint density at radius 1 is 1.29 bits per heavy atom. The van der Waals surface area contributed by atoms with Gasteiger partial charge in [-0.2, -0.15) is 12.7 Å². The van der Waals surface area contributed by atoms with Crippen molar-refractivity contribution in [2.45, 2.75) is 32.0 Å². The van der Waals surface area contributed by atoms with E-state index in [0.29, 0.717) is 19.9 Å². The highest BCUT2D eigenvalue weighted by molar-refractivity contribution is 7.83. The van der Waals surface area contributed by atoms with Crippen LogP contribution in [0, 0.1) is 0 Å². The zero-order valence-corrected chi connectivity index (χ0v) is 13.9. The molecule has 0 amide bonds. The van der Waals surface area contributed by atoms with Crippen LogP contribution in [0.5, 0.6) is 0 Å². The number of benzene rings is 1. The van der Waals surface area contributed by atoms with Gasteiger partial charge in [-0.25, -0.2) is 0 Å². The number of hydrogen-bond acceptors (Lipinski definition) is 4. The lowest BCUT2D eigenvalue weighted by Gasteiger charge is -2.24. The Morgan fingerprint density at radius 3 is 2.43 bits per heavy atom. The topological polar surface area (TPSA) is 76.1 Å². The van der Waals surface area contributed by atoms with Gasteiger partial charge in [0.2, 0.25) is 0 Å². The predicted octanol–water partition coefficient (Wildman–Crippen LogP) is 2.88. The van der Waals surface area contributed by atoms with Gasteiger partial charge >= 0.3 is 10.3 Å². The molecule has 0 radical (unpaired) electrons. The molecule has 6 nitrogen and oxygen atoms in total. The van der Waals surface area contributed by atoms with Gasteiger partial charge in [0, 0.05) is 22.7 Å².